The predicted octanol–water partition coefficient (Wildman–Crippen LogP) is 3.23. The Hall–Kier alpha value is -1.59. The highest BCUT2D eigenvalue weighted by Gasteiger charge is 2.23. The molecule has 1 fully saturated rings. The molecule has 0 bridgehead atoms. The van der Waals surface area contributed by atoms with Gasteiger partial charge in [-0.05, 0) is 36.5 Å². The lowest BCUT2D eigenvalue weighted by molar-refractivity contribution is -0.122. The van der Waals surface area contributed by atoms with Crippen molar-refractivity contribution in [1.29, 1.82) is 0 Å². The molecule has 1 aromatic rings. The van der Waals surface area contributed by atoms with Gasteiger partial charge in [-0.25, -0.2) is 0 Å². The van der Waals surface area contributed by atoms with Crippen LogP contribution < -0.4 is 16.4 Å². The summed E-state index contributed by atoms with van der Waals surface area (Å²) in [5, 5.41) is 5.82. The SMILES string of the molecule is CC(C)C(=O)Nc1ccc(CNC(=O)CC2CCCCC2N)cc1.Cl. The number of nitrogens with two attached hydrogens (primary N) is 1. The Morgan fingerprint density at radius 2 is 1.80 bits per heavy atom. The number of rotatable bonds is 6. The average molecular weight is 368 g/mol. The number of carbonyl (C=O) groups excluding carboxylic acids is 2. The molecule has 25 heavy (non-hydrogen) atoms. The van der Waals surface area contributed by atoms with Crippen LogP contribution in [0.5, 0.6) is 0 Å². The third kappa shape index (κ3) is 7.04. The van der Waals surface area contributed by atoms with Crippen LogP contribution in [-0.2, 0) is 16.1 Å². The van der Waals surface area contributed by atoms with E-state index in [2.05, 4.69) is 10.6 Å². The molecule has 1 aliphatic carbocycles. The Balaban J connectivity index is 0.00000312. The summed E-state index contributed by atoms with van der Waals surface area (Å²) >= 11 is 0. The van der Waals surface area contributed by atoms with E-state index in [1.807, 2.05) is 38.1 Å². The van der Waals surface area contributed by atoms with Gasteiger partial charge in [-0.3, -0.25) is 9.59 Å². The third-order valence-corrected chi connectivity index (χ3v) is 4.65. The van der Waals surface area contributed by atoms with Crippen LogP contribution in [0.1, 0.15) is 51.5 Å². The number of hydrogen-bond donors (Lipinski definition) is 3. The lowest BCUT2D eigenvalue weighted by Gasteiger charge is -2.27. The second-order valence-electron chi connectivity index (χ2n) is 7.03. The molecule has 0 spiro atoms. The second kappa shape index (κ2) is 10.4. The van der Waals surface area contributed by atoms with Crippen LogP contribution >= 0.6 is 12.4 Å². The molecule has 5 nitrogen and oxygen atoms in total. The minimum atomic E-state index is -0.0462. The van der Waals surface area contributed by atoms with Gasteiger partial charge >= 0.3 is 0 Å². The largest absolute Gasteiger partial charge is 0.352 e. The first-order valence-corrected chi connectivity index (χ1v) is 8.88. The van der Waals surface area contributed by atoms with E-state index in [-0.39, 0.29) is 36.2 Å². The molecule has 2 unspecified atom stereocenters. The lowest BCUT2D eigenvalue weighted by Crippen LogP contribution is -2.36. The van der Waals surface area contributed by atoms with Gasteiger partial charge in [0, 0.05) is 30.6 Å². The van der Waals surface area contributed by atoms with Crippen molar-refractivity contribution >= 4 is 29.9 Å². The Morgan fingerprint density at radius 1 is 1.16 bits per heavy atom. The minimum Gasteiger partial charge on any atom is -0.352 e. The van der Waals surface area contributed by atoms with Gasteiger partial charge in [0.05, 0.1) is 0 Å². The van der Waals surface area contributed by atoms with E-state index >= 15 is 0 Å². The zero-order valence-electron chi connectivity index (χ0n) is 15.1. The van der Waals surface area contributed by atoms with Crippen molar-refractivity contribution in [3.63, 3.8) is 0 Å². The standard InChI is InChI=1S/C19H29N3O2.ClH/c1-13(2)19(24)22-16-9-7-14(8-10-16)12-21-18(23)11-15-5-3-4-6-17(15)20;/h7-10,13,15,17H,3-6,11-12,20H2,1-2H3,(H,21,23)(H,22,24);1H. The number of nitrogens with one attached hydrogen (secondary N) is 2. The van der Waals surface area contributed by atoms with Crippen molar-refractivity contribution in [2.75, 3.05) is 5.32 Å². The van der Waals surface area contributed by atoms with Crippen molar-refractivity contribution in [3.05, 3.63) is 29.8 Å². The van der Waals surface area contributed by atoms with Gasteiger partial charge in [0.25, 0.3) is 0 Å². The highest BCUT2D eigenvalue weighted by atomic mass is 35.5. The van der Waals surface area contributed by atoms with Gasteiger partial charge < -0.3 is 16.4 Å². The Bertz CT molecular complexity index is 560. The molecule has 2 rings (SSSR count). The summed E-state index contributed by atoms with van der Waals surface area (Å²) in [7, 11) is 0. The molecule has 0 aromatic heterocycles. The van der Waals surface area contributed by atoms with Crippen LogP contribution in [0.15, 0.2) is 24.3 Å². The van der Waals surface area contributed by atoms with E-state index in [1.54, 1.807) is 0 Å². The van der Waals surface area contributed by atoms with Crippen LogP contribution in [0.3, 0.4) is 0 Å². The zero-order chi connectivity index (χ0) is 17.5. The molecular formula is C19H30ClN3O2. The molecule has 2 amide bonds. The molecule has 1 aromatic carbocycles. The number of benzene rings is 1. The summed E-state index contributed by atoms with van der Waals surface area (Å²) in [4.78, 5) is 23.7. The molecule has 1 saturated carbocycles. The first-order valence-electron chi connectivity index (χ1n) is 8.88. The van der Waals surface area contributed by atoms with Gasteiger partial charge in [-0.15, -0.1) is 12.4 Å². The molecule has 0 radical (unpaired) electrons. The van der Waals surface area contributed by atoms with Gasteiger partial charge in [-0.1, -0.05) is 38.8 Å². The molecule has 0 saturated heterocycles. The molecular weight excluding hydrogens is 338 g/mol. The van der Waals surface area contributed by atoms with Crippen molar-refractivity contribution < 1.29 is 9.59 Å². The number of halogens is 1. The maximum absolute atomic E-state index is 12.1. The molecule has 6 heteroatoms. The fourth-order valence-electron chi connectivity index (χ4n) is 2.99. The van der Waals surface area contributed by atoms with E-state index < -0.39 is 0 Å². The lowest BCUT2D eigenvalue weighted by atomic mass is 9.83. The molecule has 1 aliphatic rings. The maximum Gasteiger partial charge on any atom is 0.226 e. The van der Waals surface area contributed by atoms with Crippen LogP contribution in [0.4, 0.5) is 5.69 Å². The highest BCUT2D eigenvalue weighted by molar-refractivity contribution is 5.92. The monoisotopic (exact) mass is 367 g/mol. The molecule has 2 atom stereocenters. The van der Waals surface area contributed by atoms with Crippen molar-refractivity contribution in [3.8, 4) is 0 Å². The molecule has 0 heterocycles. The molecule has 0 aliphatic heterocycles. The molecule has 4 N–H and O–H groups in total. The summed E-state index contributed by atoms with van der Waals surface area (Å²) < 4.78 is 0. The summed E-state index contributed by atoms with van der Waals surface area (Å²) in [6.45, 7) is 4.22. The Labute approximate surface area is 156 Å². The van der Waals surface area contributed by atoms with Crippen LogP contribution in [0, 0.1) is 11.8 Å². The zero-order valence-corrected chi connectivity index (χ0v) is 15.9. The third-order valence-electron chi connectivity index (χ3n) is 4.65. The Kier molecular flexibility index (Phi) is 8.93. The van der Waals surface area contributed by atoms with Crippen molar-refractivity contribution in [1.82, 2.24) is 5.32 Å². The van der Waals surface area contributed by atoms with Crippen molar-refractivity contribution in [2.45, 2.75) is 58.5 Å². The maximum atomic E-state index is 12.1. The van der Waals surface area contributed by atoms with Crippen molar-refractivity contribution in [2.24, 2.45) is 17.6 Å². The summed E-state index contributed by atoms with van der Waals surface area (Å²) in [6, 6.07) is 7.72. The van der Waals surface area contributed by atoms with E-state index in [0.717, 1.165) is 24.1 Å². The van der Waals surface area contributed by atoms with E-state index in [0.29, 0.717) is 18.9 Å². The number of carbonyl (C=O) groups is 2. The minimum absolute atomic E-state index is 0. The van der Waals surface area contributed by atoms with Gasteiger partial charge in [0.15, 0.2) is 0 Å². The number of amides is 2. The number of hydrogen-bond acceptors (Lipinski definition) is 3. The summed E-state index contributed by atoms with van der Waals surface area (Å²) in [5.41, 5.74) is 7.89. The first kappa shape index (κ1) is 21.5. The average Bonchev–Trinajstić information content (AvgIpc) is 2.56. The van der Waals surface area contributed by atoms with E-state index in [1.165, 1.54) is 12.8 Å². The fourth-order valence-corrected chi connectivity index (χ4v) is 2.99. The van der Waals surface area contributed by atoms with Gasteiger partial charge in [0.1, 0.15) is 0 Å². The fraction of sp³-hybridized carbons (Fsp3) is 0.579. The Morgan fingerprint density at radius 3 is 2.40 bits per heavy atom. The number of anilines is 1. The summed E-state index contributed by atoms with van der Waals surface area (Å²) in [6.07, 6.45) is 4.96. The predicted molar refractivity (Wildman–Crippen MR) is 104 cm³/mol. The first-order chi connectivity index (χ1) is 11.5. The van der Waals surface area contributed by atoms with E-state index in [9.17, 15) is 9.59 Å². The second-order valence-corrected chi connectivity index (χ2v) is 7.03. The van der Waals surface area contributed by atoms with Crippen LogP contribution in [0.25, 0.3) is 0 Å². The van der Waals surface area contributed by atoms with Gasteiger partial charge in [0.2, 0.25) is 11.8 Å². The molecule has 140 valence electrons. The quantitative estimate of drug-likeness (QED) is 0.721. The van der Waals surface area contributed by atoms with Crippen LogP contribution in [0.2, 0.25) is 0 Å². The van der Waals surface area contributed by atoms with Gasteiger partial charge in [-0.2, -0.15) is 0 Å². The van der Waals surface area contributed by atoms with E-state index in [4.69, 9.17) is 5.73 Å². The summed E-state index contributed by atoms with van der Waals surface area (Å²) in [5.74, 6) is 0.330. The topological polar surface area (TPSA) is 84.2 Å². The smallest absolute Gasteiger partial charge is 0.226 e. The normalized spacial score (nSPS) is 19.8. The highest BCUT2D eigenvalue weighted by Crippen LogP contribution is 2.25. The van der Waals surface area contributed by atoms with Crippen LogP contribution in [-0.4, -0.2) is 17.9 Å².